The van der Waals surface area contributed by atoms with Crippen molar-refractivity contribution in [3.05, 3.63) is 29.8 Å². The Morgan fingerprint density at radius 2 is 1.50 bits per heavy atom. The number of alkyl halides is 7. The van der Waals surface area contributed by atoms with Gasteiger partial charge in [-0.1, -0.05) is 0 Å². The summed E-state index contributed by atoms with van der Waals surface area (Å²) in [4.78, 5) is 10.6. The first kappa shape index (κ1) is 17.1. The molecule has 0 aliphatic carbocycles. The number of hydrogen-bond donors (Lipinski definition) is 0. The van der Waals surface area contributed by atoms with E-state index in [1.54, 1.807) is 0 Å². The van der Waals surface area contributed by atoms with Crippen molar-refractivity contribution in [2.24, 2.45) is 0 Å². The van der Waals surface area contributed by atoms with Crippen molar-refractivity contribution < 1.29 is 35.9 Å². The number of carbonyl (C=O) groups is 1. The Morgan fingerprint density at radius 1 is 1.05 bits per heavy atom. The molecule has 0 radical (unpaired) electrons. The van der Waals surface area contributed by atoms with Crippen LogP contribution in [0.5, 0.6) is 5.75 Å². The van der Waals surface area contributed by atoms with Crippen molar-refractivity contribution >= 4 is 28.6 Å². The summed E-state index contributed by atoms with van der Waals surface area (Å²) >= 11 is -0.0386. The molecule has 0 atom stereocenters. The number of carbonyl (C=O) groups excluding carboxylic acids is 1. The molecule has 0 fully saturated rings. The second-order valence-electron chi connectivity index (χ2n) is 3.76. The van der Waals surface area contributed by atoms with E-state index in [1.165, 1.54) is 0 Å². The van der Waals surface area contributed by atoms with Gasteiger partial charge in [-0.3, -0.25) is 4.79 Å². The Hall–Kier alpha value is -1.00. The summed E-state index contributed by atoms with van der Waals surface area (Å²) in [5.41, 5.74) is -1.31. The average Bonchev–Trinajstić information content (AvgIpc) is 2.27. The zero-order chi connectivity index (χ0) is 15.8. The van der Waals surface area contributed by atoms with Crippen molar-refractivity contribution in [2.45, 2.75) is 22.7 Å². The fraction of sp³-hybridized carbons (Fsp3) is 0.364. The summed E-state index contributed by atoms with van der Waals surface area (Å²) in [5, 5.41) is 0. The van der Waals surface area contributed by atoms with Crippen molar-refractivity contribution in [2.75, 3.05) is 0 Å². The molecule has 0 bridgehead atoms. The lowest BCUT2D eigenvalue weighted by Gasteiger charge is -2.29. The number of esters is 1. The van der Waals surface area contributed by atoms with Gasteiger partial charge in [0, 0.05) is 35.1 Å². The molecule has 1 aromatic rings. The monoisotopic (exact) mass is 412 g/mol. The van der Waals surface area contributed by atoms with E-state index >= 15 is 0 Å². The van der Waals surface area contributed by atoms with Gasteiger partial charge in [-0.05, 0) is 24.3 Å². The molecule has 2 nitrogen and oxygen atoms in total. The third kappa shape index (κ3) is 3.18. The fourth-order valence-corrected chi connectivity index (χ4v) is 1.60. The largest absolute Gasteiger partial charge is 0.427 e. The van der Waals surface area contributed by atoms with Gasteiger partial charge in [0.15, 0.2) is 0 Å². The minimum absolute atomic E-state index is 0.0386. The van der Waals surface area contributed by atoms with Crippen LogP contribution >= 0.6 is 22.6 Å². The Morgan fingerprint density at radius 3 is 1.85 bits per heavy atom. The lowest BCUT2D eigenvalue weighted by Crippen LogP contribution is -2.49. The Balaban J connectivity index is 3.13. The van der Waals surface area contributed by atoms with E-state index in [1.807, 2.05) is 0 Å². The summed E-state index contributed by atoms with van der Waals surface area (Å²) in [5.74, 6) is -11.6. The van der Waals surface area contributed by atoms with Gasteiger partial charge in [0.25, 0.3) is 0 Å². The molecule has 112 valence electrons. The van der Waals surface area contributed by atoms with Crippen LogP contribution in [0.3, 0.4) is 0 Å². The highest BCUT2D eigenvalue weighted by molar-refractivity contribution is 14.1. The van der Waals surface area contributed by atoms with Gasteiger partial charge in [-0.25, -0.2) is 0 Å². The van der Waals surface area contributed by atoms with Crippen molar-refractivity contribution in [1.82, 2.24) is 0 Å². The first-order valence-corrected chi connectivity index (χ1v) is 6.09. The van der Waals surface area contributed by atoms with Crippen LogP contribution in [0.25, 0.3) is 0 Å². The predicted molar refractivity (Wildman–Crippen MR) is 65.6 cm³/mol. The third-order valence-corrected chi connectivity index (χ3v) is 2.91. The average molecular weight is 412 g/mol. The molecule has 0 aliphatic rings. The van der Waals surface area contributed by atoms with Crippen molar-refractivity contribution in [3.63, 3.8) is 0 Å². The second-order valence-corrected chi connectivity index (χ2v) is 5.12. The summed E-state index contributed by atoms with van der Waals surface area (Å²) in [6.45, 7) is 1.05. The van der Waals surface area contributed by atoms with Crippen LogP contribution in [0.1, 0.15) is 12.5 Å². The van der Waals surface area contributed by atoms with E-state index in [0.29, 0.717) is 12.1 Å². The molecular formula is C11H7F6IO2. The molecule has 0 unspecified atom stereocenters. The Labute approximate surface area is 123 Å². The molecule has 0 aliphatic heterocycles. The van der Waals surface area contributed by atoms with Crippen molar-refractivity contribution in [1.29, 1.82) is 0 Å². The highest BCUT2D eigenvalue weighted by atomic mass is 127. The zero-order valence-electron chi connectivity index (χ0n) is 9.77. The van der Waals surface area contributed by atoms with Gasteiger partial charge in [0.2, 0.25) is 0 Å². The fourth-order valence-electron chi connectivity index (χ4n) is 1.26. The molecule has 1 rings (SSSR count). The van der Waals surface area contributed by atoms with E-state index in [-0.39, 0.29) is 28.3 Å². The maximum atomic E-state index is 13.5. The number of rotatable bonds is 4. The number of hydrogen-bond acceptors (Lipinski definition) is 2. The lowest BCUT2D eigenvalue weighted by molar-refractivity contribution is -0.276. The van der Waals surface area contributed by atoms with Gasteiger partial charge < -0.3 is 4.74 Å². The quantitative estimate of drug-likeness (QED) is 0.242. The van der Waals surface area contributed by atoms with Crippen molar-refractivity contribution in [3.8, 4) is 5.75 Å². The van der Waals surface area contributed by atoms with Gasteiger partial charge >= 0.3 is 21.7 Å². The predicted octanol–water partition coefficient (Wildman–Crippen LogP) is 4.37. The molecule has 0 aromatic heterocycles. The highest BCUT2D eigenvalue weighted by Gasteiger charge is 2.71. The Kier molecular flexibility index (Phi) is 4.62. The topological polar surface area (TPSA) is 26.3 Å². The first-order valence-electron chi connectivity index (χ1n) is 5.01. The molecule has 0 N–H and O–H groups in total. The van der Waals surface area contributed by atoms with Crippen LogP contribution in [0.2, 0.25) is 0 Å². The van der Waals surface area contributed by atoms with Crippen LogP contribution in [0.4, 0.5) is 26.3 Å². The molecular weight excluding hydrogens is 405 g/mol. The van der Waals surface area contributed by atoms with Gasteiger partial charge in [-0.2, -0.15) is 26.3 Å². The number of halogens is 7. The molecule has 0 amide bonds. The summed E-state index contributed by atoms with van der Waals surface area (Å²) in [6.07, 6.45) is 0. The number of benzene rings is 1. The second kappa shape index (κ2) is 5.41. The third-order valence-electron chi connectivity index (χ3n) is 2.23. The van der Waals surface area contributed by atoms with Crippen LogP contribution < -0.4 is 4.74 Å². The number of ether oxygens (including phenoxy) is 1. The molecule has 0 heterocycles. The maximum absolute atomic E-state index is 13.5. The summed E-state index contributed by atoms with van der Waals surface area (Å²) < 4.78 is 78.0. The Bertz CT molecular complexity index is 495. The minimum Gasteiger partial charge on any atom is -0.427 e. The normalized spacial score (nSPS) is 13.2. The molecule has 0 saturated heterocycles. The molecule has 9 heteroatoms. The van der Waals surface area contributed by atoms with Gasteiger partial charge in [-0.15, -0.1) is 0 Å². The highest BCUT2D eigenvalue weighted by Crippen LogP contribution is 2.53. The van der Waals surface area contributed by atoms with E-state index in [0.717, 1.165) is 19.1 Å². The smallest absolute Gasteiger partial charge is 0.385 e. The van der Waals surface area contributed by atoms with Gasteiger partial charge in [0.05, 0.1) is 0 Å². The first-order chi connectivity index (χ1) is 8.89. The maximum Gasteiger partial charge on any atom is 0.385 e. The molecule has 0 spiro atoms. The zero-order valence-corrected chi connectivity index (χ0v) is 11.9. The lowest BCUT2D eigenvalue weighted by atomic mass is 10.0. The van der Waals surface area contributed by atoms with Crippen LogP contribution in [-0.4, -0.2) is 15.8 Å². The van der Waals surface area contributed by atoms with Crippen LogP contribution in [-0.2, 0) is 10.7 Å². The standard InChI is InChI=1S/C11H7F6IO2/c1-6(19)20-8-4-2-7(3-5-8)9(12,13)10(14,15)11(16,17)18/h2-5H,1H3. The summed E-state index contributed by atoms with van der Waals surface area (Å²) in [6, 6.07) is 2.61. The molecule has 0 saturated carbocycles. The summed E-state index contributed by atoms with van der Waals surface area (Å²) in [7, 11) is 0. The SMILES string of the molecule is CC(=O)Oc1ccc(C(F)(F)C(F)(F)C(F)(F)I)cc1. The van der Waals surface area contributed by atoms with Crippen LogP contribution in [0.15, 0.2) is 24.3 Å². The van der Waals surface area contributed by atoms with E-state index < -0.39 is 27.3 Å². The van der Waals surface area contributed by atoms with E-state index in [4.69, 9.17) is 0 Å². The van der Waals surface area contributed by atoms with E-state index in [9.17, 15) is 31.1 Å². The minimum atomic E-state index is -5.57. The molecule has 1 aromatic carbocycles. The molecule has 20 heavy (non-hydrogen) atoms. The van der Waals surface area contributed by atoms with Crippen LogP contribution in [0, 0.1) is 0 Å². The van der Waals surface area contributed by atoms with Gasteiger partial charge in [0.1, 0.15) is 5.75 Å². The van der Waals surface area contributed by atoms with E-state index in [2.05, 4.69) is 4.74 Å².